The van der Waals surface area contributed by atoms with Crippen LogP contribution in [0.2, 0.25) is 10.0 Å². The average molecular weight is 649 g/mol. The number of benzene rings is 3. The normalized spacial score (nSPS) is 19.8. The van der Waals surface area contributed by atoms with Gasteiger partial charge in [0.15, 0.2) is 0 Å². The minimum Gasteiger partial charge on any atom is -0.496 e. The predicted molar refractivity (Wildman–Crippen MR) is 172 cm³/mol. The summed E-state index contributed by atoms with van der Waals surface area (Å²) in [4.78, 5) is 30.0. The summed E-state index contributed by atoms with van der Waals surface area (Å²) in [6.07, 6.45) is 5.55. The van der Waals surface area contributed by atoms with E-state index in [1.165, 1.54) is 11.0 Å². The van der Waals surface area contributed by atoms with Crippen LogP contribution in [0.5, 0.6) is 5.75 Å². The third-order valence-electron chi connectivity index (χ3n) is 9.48. The van der Waals surface area contributed by atoms with Crippen molar-refractivity contribution in [1.82, 2.24) is 35.3 Å². The van der Waals surface area contributed by atoms with Gasteiger partial charge in [-0.25, -0.2) is 4.68 Å². The maximum absolute atomic E-state index is 14.1. The van der Waals surface area contributed by atoms with Gasteiger partial charge < -0.3 is 19.9 Å². The molecule has 1 N–H and O–H groups in total. The highest BCUT2D eigenvalue weighted by atomic mass is 35.5. The maximum atomic E-state index is 14.1. The van der Waals surface area contributed by atoms with Crippen LogP contribution in [-0.2, 0) is 15.7 Å². The van der Waals surface area contributed by atoms with E-state index >= 15 is 0 Å². The second kappa shape index (κ2) is 13.2. The Morgan fingerprint density at radius 1 is 0.978 bits per heavy atom. The maximum Gasteiger partial charge on any atom is 0.257 e. The summed E-state index contributed by atoms with van der Waals surface area (Å²) in [5.41, 5.74) is 2.63. The monoisotopic (exact) mass is 647 g/mol. The zero-order valence-electron chi connectivity index (χ0n) is 25.0. The van der Waals surface area contributed by atoms with Crippen molar-refractivity contribution in [2.45, 2.75) is 36.6 Å². The van der Waals surface area contributed by atoms with E-state index in [1.807, 2.05) is 47.4 Å². The topological polar surface area (TPSA) is 105 Å². The lowest BCUT2D eigenvalue weighted by Crippen LogP contribution is -2.51. The number of rotatable bonds is 10. The number of tetrazole rings is 1. The van der Waals surface area contributed by atoms with Crippen LogP contribution in [0.1, 0.15) is 47.2 Å². The first-order valence-corrected chi connectivity index (χ1v) is 15.8. The Hall–Kier alpha value is -3.99. The molecule has 234 valence electrons. The average Bonchev–Trinajstić information content (AvgIpc) is 3.78. The van der Waals surface area contributed by atoms with Crippen LogP contribution in [0.4, 0.5) is 0 Å². The SMILES string of the molecule is COc1ccc(-n2cnnn2)cc1C(=O)N1CC[C@](CCN2CCC(NC=O)(c3ccccc3)CC2)(c2ccc(Cl)c(Cl)c2)C1. The van der Waals surface area contributed by atoms with Crippen LogP contribution in [0.3, 0.4) is 0 Å². The molecule has 2 aliphatic rings. The van der Waals surface area contributed by atoms with Crippen LogP contribution >= 0.6 is 23.2 Å². The highest BCUT2D eigenvalue weighted by Crippen LogP contribution is 2.42. The number of piperidine rings is 1. The Kier molecular flexibility index (Phi) is 9.07. The van der Waals surface area contributed by atoms with E-state index in [2.05, 4.69) is 37.9 Å². The molecule has 6 rings (SSSR count). The Balaban J connectivity index is 1.22. The van der Waals surface area contributed by atoms with Gasteiger partial charge >= 0.3 is 0 Å². The molecule has 3 aromatic carbocycles. The fourth-order valence-corrected chi connectivity index (χ4v) is 7.13. The molecule has 2 aliphatic heterocycles. The quantitative estimate of drug-likeness (QED) is 0.244. The molecule has 10 nitrogen and oxygen atoms in total. The number of amides is 2. The van der Waals surface area contributed by atoms with Crippen molar-refractivity contribution in [3.63, 3.8) is 0 Å². The van der Waals surface area contributed by atoms with Crippen LogP contribution in [-0.4, -0.2) is 82.2 Å². The summed E-state index contributed by atoms with van der Waals surface area (Å²) < 4.78 is 7.09. The largest absolute Gasteiger partial charge is 0.496 e. The van der Waals surface area contributed by atoms with E-state index in [4.69, 9.17) is 27.9 Å². The molecular formula is C33H35Cl2N7O3. The van der Waals surface area contributed by atoms with Crippen LogP contribution in [0.25, 0.3) is 5.69 Å². The number of halogens is 2. The molecule has 2 amide bonds. The summed E-state index contributed by atoms with van der Waals surface area (Å²) in [5, 5.41) is 15.5. The molecule has 0 unspecified atom stereocenters. The Bertz CT molecular complexity index is 1650. The molecule has 0 aliphatic carbocycles. The van der Waals surface area contributed by atoms with Gasteiger partial charge in [0.05, 0.1) is 33.9 Å². The van der Waals surface area contributed by atoms with Gasteiger partial charge in [0.25, 0.3) is 5.91 Å². The molecule has 4 aromatic rings. The number of ether oxygens (including phenoxy) is 1. The zero-order valence-corrected chi connectivity index (χ0v) is 26.5. The Morgan fingerprint density at radius 3 is 2.47 bits per heavy atom. The minimum absolute atomic E-state index is 0.116. The zero-order chi connectivity index (χ0) is 31.4. The standard InChI is InChI=1S/C33H35Cl2N7O3/c1-45-30-10-8-26(42-22-37-38-39-42)20-27(30)31(44)41-18-12-32(21-41,25-7-9-28(34)29(35)19-25)11-15-40-16-13-33(14-17-40,36-23-43)24-5-3-2-4-6-24/h2-10,19-20,22-23H,11-18,21H2,1H3,(H,36,43)/t32-/m0/s1. The van der Waals surface area contributed by atoms with Crippen molar-refractivity contribution in [3.05, 3.63) is 99.8 Å². The van der Waals surface area contributed by atoms with Crippen LogP contribution in [0.15, 0.2) is 73.1 Å². The molecule has 1 atom stereocenters. The molecule has 12 heteroatoms. The molecule has 45 heavy (non-hydrogen) atoms. The molecule has 2 fully saturated rings. The van der Waals surface area contributed by atoms with Gasteiger partial charge in [0.2, 0.25) is 6.41 Å². The van der Waals surface area contributed by atoms with Crippen molar-refractivity contribution >= 4 is 35.5 Å². The fourth-order valence-electron chi connectivity index (χ4n) is 6.83. The van der Waals surface area contributed by atoms with Crippen LogP contribution < -0.4 is 10.1 Å². The second-order valence-electron chi connectivity index (χ2n) is 11.8. The molecule has 0 bridgehead atoms. The summed E-state index contributed by atoms with van der Waals surface area (Å²) in [6, 6.07) is 21.3. The number of nitrogens with zero attached hydrogens (tertiary/aromatic N) is 6. The van der Waals surface area contributed by atoms with E-state index in [0.29, 0.717) is 40.1 Å². The molecule has 0 radical (unpaired) electrons. The Labute approximate surface area is 272 Å². The highest BCUT2D eigenvalue weighted by Gasteiger charge is 2.43. The summed E-state index contributed by atoms with van der Waals surface area (Å²) in [5.74, 6) is 0.372. The van der Waals surface area contributed by atoms with E-state index in [9.17, 15) is 9.59 Å². The van der Waals surface area contributed by atoms with Crippen molar-refractivity contribution < 1.29 is 14.3 Å². The van der Waals surface area contributed by atoms with E-state index in [1.54, 1.807) is 19.2 Å². The number of methoxy groups -OCH3 is 1. The molecule has 3 heterocycles. The predicted octanol–water partition coefficient (Wildman–Crippen LogP) is 4.89. The van der Waals surface area contributed by atoms with E-state index in [0.717, 1.165) is 62.9 Å². The van der Waals surface area contributed by atoms with Gasteiger partial charge in [-0.1, -0.05) is 59.6 Å². The smallest absolute Gasteiger partial charge is 0.257 e. The number of hydrogen-bond donors (Lipinski definition) is 1. The summed E-state index contributed by atoms with van der Waals surface area (Å²) in [7, 11) is 1.56. The van der Waals surface area contributed by atoms with E-state index in [-0.39, 0.29) is 16.9 Å². The van der Waals surface area contributed by atoms with Gasteiger partial charge in [-0.05, 0) is 84.1 Å². The van der Waals surface area contributed by atoms with Gasteiger partial charge in [0, 0.05) is 31.6 Å². The number of carbonyl (C=O) groups is 2. The van der Waals surface area contributed by atoms with E-state index < -0.39 is 0 Å². The third kappa shape index (κ3) is 6.27. The number of hydrogen-bond acceptors (Lipinski definition) is 7. The lowest BCUT2D eigenvalue weighted by Gasteiger charge is -2.43. The van der Waals surface area contributed by atoms with Gasteiger partial charge in [-0.15, -0.1) is 5.10 Å². The molecule has 0 saturated carbocycles. The number of nitrogens with one attached hydrogen (secondary N) is 1. The van der Waals surface area contributed by atoms with Gasteiger partial charge in [0.1, 0.15) is 12.1 Å². The van der Waals surface area contributed by atoms with Crippen molar-refractivity contribution in [2.75, 3.05) is 39.8 Å². The summed E-state index contributed by atoms with van der Waals surface area (Å²) in [6.45, 7) is 3.63. The first kappa shape index (κ1) is 31.0. The Morgan fingerprint density at radius 2 is 1.78 bits per heavy atom. The van der Waals surface area contributed by atoms with Crippen molar-refractivity contribution in [1.29, 1.82) is 0 Å². The van der Waals surface area contributed by atoms with Crippen molar-refractivity contribution in [3.8, 4) is 11.4 Å². The van der Waals surface area contributed by atoms with Gasteiger partial charge in [-0.2, -0.15) is 0 Å². The number of carbonyl (C=O) groups excluding carboxylic acids is 2. The fraction of sp³-hybridized carbons (Fsp3) is 0.364. The molecule has 2 saturated heterocycles. The molecule has 0 spiro atoms. The summed E-state index contributed by atoms with van der Waals surface area (Å²) >= 11 is 12.8. The first-order valence-electron chi connectivity index (χ1n) is 15.0. The number of aromatic nitrogens is 4. The van der Waals surface area contributed by atoms with Gasteiger partial charge in [-0.3, -0.25) is 9.59 Å². The van der Waals surface area contributed by atoms with Crippen molar-refractivity contribution in [2.24, 2.45) is 0 Å². The lowest BCUT2D eigenvalue weighted by molar-refractivity contribution is -0.112. The second-order valence-corrected chi connectivity index (χ2v) is 12.6. The molecule has 1 aromatic heterocycles. The number of likely N-dealkylation sites (tertiary alicyclic amines) is 2. The first-order chi connectivity index (χ1) is 21.9. The lowest BCUT2D eigenvalue weighted by atomic mass is 9.76. The minimum atomic E-state index is -0.368. The van der Waals surface area contributed by atoms with Crippen LogP contribution in [0, 0.1) is 0 Å². The molecular weight excluding hydrogens is 613 g/mol. The third-order valence-corrected chi connectivity index (χ3v) is 10.2. The highest BCUT2D eigenvalue weighted by molar-refractivity contribution is 6.42.